The molecule has 2 aromatic heterocycles. The summed E-state index contributed by atoms with van der Waals surface area (Å²) < 4.78 is 1.79. The van der Waals surface area contributed by atoms with Gasteiger partial charge >= 0.3 is 0 Å². The highest BCUT2D eigenvalue weighted by molar-refractivity contribution is 5.46. The molecule has 0 spiro atoms. The minimum atomic E-state index is 0.509. The summed E-state index contributed by atoms with van der Waals surface area (Å²) in [5.74, 6) is 2.11. The van der Waals surface area contributed by atoms with E-state index in [0.717, 1.165) is 30.2 Å². The van der Waals surface area contributed by atoms with Crippen LogP contribution in [-0.4, -0.2) is 26.8 Å². The predicted octanol–water partition coefficient (Wildman–Crippen LogP) is 0.991. The largest absolute Gasteiger partial charge is 0.384 e. The van der Waals surface area contributed by atoms with Crippen LogP contribution in [0.25, 0.3) is 0 Å². The molecule has 0 aliphatic carbocycles. The Bertz CT molecular complexity index is 533. The zero-order chi connectivity index (χ0) is 13.1. The fourth-order valence-electron chi connectivity index (χ4n) is 1.77. The van der Waals surface area contributed by atoms with Gasteiger partial charge in [0.2, 0.25) is 0 Å². The monoisotopic (exact) mass is 246 g/mol. The van der Waals surface area contributed by atoms with Crippen molar-refractivity contribution in [2.24, 2.45) is 7.05 Å². The van der Waals surface area contributed by atoms with E-state index in [1.807, 2.05) is 38.3 Å². The molecular weight excluding hydrogens is 228 g/mol. The van der Waals surface area contributed by atoms with Crippen LogP contribution in [0.2, 0.25) is 0 Å². The second-order valence-corrected chi connectivity index (χ2v) is 4.30. The molecule has 0 aliphatic rings. The Morgan fingerprint density at radius 1 is 1.39 bits per heavy atom. The van der Waals surface area contributed by atoms with E-state index in [1.165, 1.54) is 0 Å². The van der Waals surface area contributed by atoms with Gasteiger partial charge < -0.3 is 10.6 Å². The molecule has 0 amide bonds. The SMILES string of the molecule is CCc1nc(N)cc(N(C)Cc2cnn(C)c2)n1. The Hall–Kier alpha value is -2.11. The lowest BCUT2D eigenvalue weighted by molar-refractivity contribution is 0.766. The fourth-order valence-corrected chi connectivity index (χ4v) is 1.77. The minimum absolute atomic E-state index is 0.509. The lowest BCUT2D eigenvalue weighted by Crippen LogP contribution is -2.18. The van der Waals surface area contributed by atoms with E-state index < -0.39 is 0 Å². The average Bonchev–Trinajstić information content (AvgIpc) is 2.73. The zero-order valence-electron chi connectivity index (χ0n) is 11.0. The second-order valence-electron chi connectivity index (χ2n) is 4.30. The van der Waals surface area contributed by atoms with Crippen molar-refractivity contribution in [2.75, 3.05) is 17.7 Å². The summed E-state index contributed by atoms with van der Waals surface area (Å²) in [5.41, 5.74) is 6.91. The Labute approximate surface area is 106 Å². The number of rotatable bonds is 4. The van der Waals surface area contributed by atoms with Crippen LogP contribution in [0.5, 0.6) is 0 Å². The van der Waals surface area contributed by atoms with Gasteiger partial charge in [0.1, 0.15) is 17.5 Å². The highest BCUT2D eigenvalue weighted by Crippen LogP contribution is 2.15. The van der Waals surface area contributed by atoms with Crippen LogP contribution >= 0.6 is 0 Å². The molecule has 0 saturated carbocycles. The van der Waals surface area contributed by atoms with Gasteiger partial charge in [-0.2, -0.15) is 5.10 Å². The summed E-state index contributed by atoms with van der Waals surface area (Å²) in [6, 6.07) is 1.79. The number of aromatic nitrogens is 4. The van der Waals surface area contributed by atoms with E-state index in [1.54, 1.807) is 10.7 Å². The van der Waals surface area contributed by atoms with Gasteiger partial charge in [0.25, 0.3) is 0 Å². The molecule has 0 fully saturated rings. The Kier molecular flexibility index (Phi) is 3.45. The molecule has 0 atom stereocenters. The first-order chi connectivity index (χ1) is 8.58. The van der Waals surface area contributed by atoms with Crippen LogP contribution < -0.4 is 10.6 Å². The molecule has 0 radical (unpaired) electrons. The number of nitrogens with two attached hydrogens (primary N) is 1. The fraction of sp³-hybridized carbons (Fsp3) is 0.417. The molecule has 2 N–H and O–H groups in total. The number of anilines is 2. The van der Waals surface area contributed by atoms with Crippen molar-refractivity contribution in [1.82, 2.24) is 19.7 Å². The molecular formula is C12H18N6. The maximum absolute atomic E-state index is 5.78. The normalized spacial score (nSPS) is 10.6. The van der Waals surface area contributed by atoms with Crippen LogP contribution in [-0.2, 0) is 20.0 Å². The number of hydrogen-bond donors (Lipinski definition) is 1. The van der Waals surface area contributed by atoms with E-state index in [-0.39, 0.29) is 0 Å². The van der Waals surface area contributed by atoms with E-state index in [2.05, 4.69) is 15.1 Å². The summed E-state index contributed by atoms with van der Waals surface area (Å²) in [4.78, 5) is 10.7. The molecule has 6 heteroatoms. The zero-order valence-corrected chi connectivity index (χ0v) is 11.0. The topological polar surface area (TPSA) is 72.9 Å². The van der Waals surface area contributed by atoms with E-state index >= 15 is 0 Å². The molecule has 18 heavy (non-hydrogen) atoms. The van der Waals surface area contributed by atoms with Crippen molar-refractivity contribution >= 4 is 11.6 Å². The van der Waals surface area contributed by atoms with Crippen molar-refractivity contribution in [3.8, 4) is 0 Å². The van der Waals surface area contributed by atoms with E-state index in [0.29, 0.717) is 5.82 Å². The van der Waals surface area contributed by atoms with Gasteiger partial charge in [0.05, 0.1) is 6.20 Å². The molecule has 0 bridgehead atoms. The molecule has 0 saturated heterocycles. The maximum Gasteiger partial charge on any atom is 0.134 e. The molecule has 2 rings (SSSR count). The Balaban J connectivity index is 2.17. The van der Waals surface area contributed by atoms with Gasteiger partial charge in [-0.25, -0.2) is 9.97 Å². The van der Waals surface area contributed by atoms with Gasteiger partial charge in [0.15, 0.2) is 0 Å². The van der Waals surface area contributed by atoms with Gasteiger partial charge in [-0.05, 0) is 0 Å². The molecule has 2 aromatic rings. The summed E-state index contributed by atoms with van der Waals surface area (Å²) in [7, 11) is 3.88. The van der Waals surface area contributed by atoms with Crippen LogP contribution in [0.3, 0.4) is 0 Å². The quantitative estimate of drug-likeness (QED) is 0.871. The summed E-state index contributed by atoms with van der Waals surface area (Å²) in [6.45, 7) is 2.76. The van der Waals surface area contributed by atoms with E-state index in [4.69, 9.17) is 5.73 Å². The average molecular weight is 246 g/mol. The third kappa shape index (κ3) is 2.77. The second kappa shape index (κ2) is 5.03. The highest BCUT2D eigenvalue weighted by Gasteiger charge is 2.08. The summed E-state index contributed by atoms with van der Waals surface area (Å²) in [5, 5.41) is 4.15. The van der Waals surface area contributed by atoms with Crippen molar-refractivity contribution in [1.29, 1.82) is 0 Å². The Morgan fingerprint density at radius 2 is 2.17 bits per heavy atom. The predicted molar refractivity (Wildman–Crippen MR) is 71.1 cm³/mol. The number of nitrogens with zero attached hydrogens (tertiary/aromatic N) is 5. The third-order valence-electron chi connectivity index (χ3n) is 2.66. The highest BCUT2D eigenvalue weighted by atomic mass is 15.2. The van der Waals surface area contributed by atoms with Crippen LogP contribution in [0.4, 0.5) is 11.6 Å². The summed E-state index contributed by atoms with van der Waals surface area (Å²) in [6.07, 6.45) is 4.61. The maximum atomic E-state index is 5.78. The van der Waals surface area contributed by atoms with Crippen molar-refractivity contribution in [3.63, 3.8) is 0 Å². The van der Waals surface area contributed by atoms with Crippen LogP contribution in [0, 0.1) is 0 Å². The molecule has 0 aromatic carbocycles. The Morgan fingerprint density at radius 3 is 2.78 bits per heavy atom. The molecule has 0 aliphatic heterocycles. The molecule has 2 heterocycles. The number of nitrogen functional groups attached to an aromatic ring is 1. The molecule has 0 unspecified atom stereocenters. The first kappa shape index (κ1) is 12.3. The molecule has 6 nitrogen and oxygen atoms in total. The van der Waals surface area contributed by atoms with Gasteiger partial charge in [-0.1, -0.05) is 6.92 Å². The lowest BCUT2D eigenvalue weighted by Gasteiger charge is -2.18. The van der Waals surface area contributed by atoms with Gasteiger partial charge in [0, 0.05) is 44.9 Å². The number of hydrogen-bond acceptors (Lipinski definition) is 5. The van der Waals surface area contributed by atoms with Crippen LogP contribution in [0.15, 0.2) is 18.5 Å². The van der Waals surface area contributed by atoms with Gasteiger partial charge in [-0.15, -0.1) is 0 Å². The standard InChI is InChI=1S/C12H18N6/c1-4-11-15-10(13)5-12(16-11)17(2)7-9-6-14-18(3)8-9/h5-6,8H,4,7H2,1-3H3,(H2,13,15,16). The minimum Gasteiger partial charge on any atom is -0.384 e. The first-order valence-electron chi connectivity index (χ1n) is 5.90. The van der Waals surface area contributed by atoms with Crippen molar-refractivity contribution < 1.29 is 0 Å². The third-order valence-corrected chi connectivity index (χ3v) is 2.66. The molecule has 96 valence electrons. The smallest absolute Gasteiger partial charge is 0.134 e. The first-order valence-corrected chi connectivity index (χ1v) is 5.90. The summed E-state index contributed by atoms with van der Waals surface area (Å²) >= 11 is 0. The van der Waals surface area contributed by atoms with Crippen molar-refractivity contribution in [2.45, 2.75) is 19.9 Å². The van der Waals surface area contributed by atoms with Gasteiger partial charge in [-0.3, -0.25) is 4.68 Å². The number of aryl methyl sites for hydroxylation is 2. The lowest BCUT2D eigenvalue weighted by atomic mass is 10.3. The van der Waals surface area contributed by atoms with Crippen molar-refractivity contribution in [3.05, 3.63) is 29.8 Å². The van der Waals surface area contributed by atoms with E-state index in [9.17, 15) is 0 Å². The van der Waals surface area contributed by atoms with Crippen LogP contribution in [0.1, 0.15) is 18.3 Å².